The van der Waals surface area contributed by atoms with Crippen molar-refractivity contribution in [3.05, 3.63) is 83.0 Å². The number of aliphatic carboxylic acids is 1. The number of aromatic nitrogens is 1. The number of sulfonamides is 1. The summed E-state index contributed by atoms with van der Waals surface area (Å²) in [5.41, 5.74) is 2.41. The smallest absolute Gasteiger partial charge is 0.322 e. The molecule has 40 heavy (non-hydrogen) atoms. The Kier molecular flexibility index (Phi) is 7.89. The average Bonchev–Trinajstić information content (AvgIpc) is 3.52. The molecule has 0 aliphatic carbocycles. The van der Waals surface area contributed by atoms with Crippen LogP contribution in [0.25, 0.3) is 10.9 Å². The summed E-state index contributed by atoms with van der Waals surface area (Å²) in [5, 5.41) is 11.2. The number of carboxylic acids is 1. The number of carboxylic acid groups (broad SMARTS) is 1. The van der Waals surface area contributed by atoms with E-state index in [0.717, 1.165) is 16.5 Å². The minimum Gasteiger partial charge on any atom is -0.481 e. The van der Waals surface area contributed by atoms with Crippen molar-refractivity contribution < 1.29 is 32.5 Å². The third-order valence-corrected chi connectivity index (χ3v) is 8.08. The zero-order chi connectivity index (χ0) is 28.3. The maximum atomic E-state index is 13.1. The van der Waals surface area contributed by atoms with Gasteiger partial charge in [-0.05, 0) is 72.6 Å². The Morgan fingerprint density at radius 1 is 1.12 bits per heavy atom. The number of hydrogen-bond donors (Lipinski definition) is 2. The molecule has 0 bridgehead atoms. The Morgan fingerprint density at radius 2 is 1.90 bits per heavy atom. The molecule has 0 unspecified atom stereocenters. The SMILES string of the molecule is CC#CCOc1ccc(S(=O)(=O)N[C@@H](Cc2cn(Cc3ccc4c(c3)OCO4)c3ccc(Cl)cc23)C(=O)O)cc1. The van der Waals surface area contributed by atoms with E-state index >= 15 is 0 Å². The number of carbonyl (C=O) groups is 1. The molecular formula is C29H25ClN2O7S. The lowest BCUT2D eigenvalue weighted by Crippen LogP contribution is -2.42. The number of nitrogens with zero attached hydrogens (tertiary/aromatic N) is 1. The maximum Gasteiger partial charge on any atom is 0.322 e. The quantitative estimate of drug-likeness (QED) is 0.266. The van der Waals surface area contributed by atoms with Crippen LogP contribution >= 0.6 is 11.6 Å². The van der Waals surface area contributed by atoms with Gasteiger partial charge < -0.3 is 23.9 Å². The highest BCUT2D eigenvalue weighted by Gasteiger charge is 2.27. The van der Waals surface area contributed by atoms with Crippen molar-refractivity contribution in [2.45, 2.75) is 30.8 Å². The van der Waals surface area contributed by atoms with E-state index in [0.29, 0.717) is 34.4 Å². The van der Waals surface area contributed by atoms with Crippen LogP contribution in [-0.2, 0) is 27.8 Å². The van der Waals surface area contributed by atoms with Crippen LogP contribution < -0.4 is 18.9 Å². The summed E-state index contributed by atoms with van der Waals surface area (Å²) in [4.78, 5) is 12.1. The van der Waals surface area contributed by atoms with E-state index in [2.05, 4.69) is 16.6 Å². The summed E-state index contributed by atoms with van der Waals surface area (Å²) < 4.78 is 46.8. The lowest BCUT2D eigenvalue weighted by atomic mass is 10.1. The second-order valence-electron chi connectivity index (χ2n) is 9.03. The summed E-state index contributed by atoms with van der Waals surface area (Å²) in [7, 11) is -4.15. The fourth-order valence-corrected chi connectivity index (χ4v) is 5.80. The molecule has 5 rings (SSSR count). The van der Waals surface area contributed by atoms with Crippen molar-refractivity contribution in [3.8, 4) is 29.1 Å². The standard InChI is InChI=1S/C29H25ClN2O7S/c1-2-3-12-37-22-6-8-23(9-7-22)40(35,36)31-25(29(33)34)14-20-17-32(26-10-5-21(30)15-24(20)26)16-19-4-11-27-28(13-19)39-18-38-27/h4-11,13,15,17,25,31H,12,14,16,18H2,1H3,(H,33,34)/t25-/m0/s1. The molecule has 1 aromatic heterocycles. The fraction of sp³-hybridized carbons (Fsp3) is 0.207. The van der Waals surface area contributed by atoms with Crippen LogP contribution in [0.15, 0.2) is 71.8 Å². The summed E-state index contributed by atoms with van der Waals surface area (Å²) in [6.07, 6.45) is 1.72. The molecule has 0 radical (unpaired) electrons. The molecule has 9 nitrogen and oxygen atoms in total. The topological polar surface area (TPSA) is 116 Å². The molecule has 11 heteroatoms. The van der Waals surface area contributed by atoms with Gasteiger partial charge in [0.25, 0.3) is 0 Å². The number of nitrogens with one attached hydrogen (secondary N) is 1. The summed E-state index contributed by atoms with van der Waals surface area (Å²) in [6.45, 7) is 2.51. The number of halogens is 1. The summed E-state index contributed by atoms with van der Waals surface area (Å²) >= 11 is 6.28. The van der Waals surface area contributed by atoms with Crippen molar-refractivity contribution in [2.24, 2.45) is 0 Å². The first-order valence-corrected chi connectivity index (χ1v) is 14.1. The molecule has 1 atom stereocenters. The van der Waals surface area contributed by atoms with E-state index in [1.807, 2.05) is 35.0 Å². The lowest BCUT2D eigenvalue weighted by molar-refractivity contribution is -0.138. The Hall–Kier alpha value is -4.17. The molecule has 0 fully saturated rings. The van der Waals surface area contributed by atoms with E-state index in [4.69, 9.17) is 25.8 Å². The molecule has 0 saturated carbocycles. The van der Waals surface area contributed by atoms with Crippen LogP contribution in [0, 0.1) is 11.8 Å². The van der Waals surface area contributed by atoms with Crippen molar-refractivity contribution in [1.82, 2.24) is 9.29 Å². The molecule has 3 aromatic carbocycles. The highest BCUT2D eigenvalue weighted by molar-refractivity contribution is 7.89. The van der Waals surface area contributed by atoms with Crippen LogP contribution in [0.2, 0.25) is 5.02 Å². The van der Waals surface area contributed by atoms with Crippen LogP contribution in [0.5, 0.6) is 17.2 Å². The van der Waals surface area contributed by atoms with Crippen LogP contribution in [0.3, 0.4) is 0 Å². The molecule has 1 aliphatic heterocycles. The van der Waals surface area contributed by atoms with Gasteiger partial charge in [-0.15, -0.1) is 5.92 Å². The Balaban J connectivity index is 1.39. The number of benzene rings is 3. The van der Waals surface area contributed by atoms with Crippen molar-refractivity contribution >= 4 is 38.5 Å². The Bertz CT molecular complexity index is 1740. The fourth-order valence-electron chi connectivity index (χ4n) is 4.43. The van der Waals surface area contributed by atoms with Gasteiger partial charge in [0, 0.05) is 35.1 Å². The predicted octanol–water partition coefficient (Wildman–Crippen LogP) is 4.45. The third kappa shape index (κ3) is 6.02. The van der Waals surface area contributed by atoms with Gasteiger partial charge in [-0.3, -0.25) is 4.79 Å². The van der Waals surface area contributed by atoms with Crippen LogP contribution in [-0.4, -0.2) is 43.5 Å². The monoisotopic (exact) mass is 580 g/mol. The normalized spacial score (nSPS) is 13.1. The van der Waals surface area contributed by atoms with Gasteiger partial charge >= 0.3 is 5.97 Å². The van der Waals surface area contributed by atoms with Gasteiger partial charge in [-0.25, -0.2) is 8.42 Å². The molecule has 206 valence electrons. The maximum absolute atomic E-state index is 13.1. The first-order chi connectivity index (χ1) is 19.2. The van der Waals surface area contributed by atoms with Crippen LogP contribution in [0.1, 0.15) is 18.1 Å². The van der Waals surface area contributed by atoms with Gasteiger partial charge in [0.15, 0.2) is 11.5 Å². The van der Waals surface area contributed by atoms with E-state index in [-0.39, 0.29) is 24.7 Å². The van der Waals surface area contributed by atoms with E-state index in [1.54, 1.807) is 19.1 Å². The second-order valence-corrected chi connectivity index (χ2v) is 11.2. The molecule has 2 heterocycles. The largest absolute Gasteiger partial charge is 0.481 e. The first kappa shape index (κ1) is 27.4. The minimum absolute atomic E-state index is 0.0824. The number of fused-ring (bicyclic) bond motifs is 2. The molecule has 0 amide bonds. The highest BCUT2D eigenvalue weighted by atomic mass is 35.5. The van der Waals surface area contributed by atoms with Gasteiger partial charge in [0.05, 0.1) is 4.90 Å². The van der Waals surface area contributed by atoms with Crippen molar-refractivity contribution in [2.75, 3.05) is 13.4 Å². The molecule has 1 aliphatic rings. The van der Waals surface area contributed by atoms with Gasteiger partial charge in [0.1, 0.15) is 18.4 Å². The van der Waals surface area contributed by atoms with Crippen molar-refractivity contribution in [3.63, 3.8) is 0 Å². The third-order valence-electron chi connectivity index (χ3n) is 6.36. The molecule has 4 aromatic rings. The van der Waals surface area contributed by atoms with Gasteiger partial charge in [0.2, 0.25) is 16.8 Å². The Labute approximate surface area is 236 Å². The number of ether oxygens (including phenoxy) is 3. The zero-order valence-electron chi connectivity index (χ0n) is 21.4. The van der Waals surface area contributed by atoms with Gasteiger partial charge in [-0.2, -0.15) is 4.72 Å². The zero-order valence-corrected chi connectivity index (χ0v) is 23.0. The van der Waals surface area contributed by atoms with E-state index in [9.17, 15) is 18.3 Å². The minimum atomic E-state index is -4.15. The molecular weight excluding hydrogens is 556 g/mol. The highest BCUT2D eigenvalue weighted by Crippen LogP contribution is 2.34. The Morgan fingerprint density at radius 3 is 2.65 bits per heavy atom. The van der Waals surface area contributed by atoms with Crippen LogP contribution in [0.4, 0.5) is 0 Å². The first-order valence-electron chi connectivity index (χ1n) is 12.3. The summed E-state index contributed by atoms with van der Waals surface area (Å²) in [6, 6.07) is 15.3. The van der Waals surface area contributed by atoms with Gasteiger partial charge in [-0.1, -0.05) is 23.6 Å². The van der Waals surface area contributed by atoms with E-state index < -0.39 is 22.0 Å². The molecule has 2 N–H and O–H groups in total. The average molecular weight is 581 g/mol. The number of rotatable bonds is 10. The van der Waals surface area contributed by atoms with E-state index in [1.165, 1.54) is 24.3 Å². The lowest BCUT2D eigenvalue weighted by Gasteiger charge is -2.15. The molecule has 0 saturated heterocycles. The summed E-state index contributed by atoms with van der Waals surface area (Å²) in [5.74, 6) is 5.94. The number of hydrogen-bond acceptors (Lipinski definition) is 6. The van der Waals surface area contributed by atoms with Crippen molar-refractivity contribution in [1.29, 1.82) is 0 Å². The molecule has 0 spiro atoms. The second kappa shape index (κ2) is 11.5. The predicted molar refractivity (Wildman–Crippen MR) is 149 cm³/mol.